The van der Waals surface area contributed by atoms with Gasteiger partial charge in [-0.3, -0.25) is 0 Å². The lowest BCUT2D eigenvalue weighted by Gasteiger charge is -2.46. The van der Waals surface area contributed by atoms with Crippen LogP contribution >= 0.6 is 22.9 Å². The van der Waals surface area contributed by atoms with Gasteiger partial charge in [-0.05, 0) is 60.8 Å². The molecule has 9 heteroatoms. The Morgan fingerprint density at radius 3 is 2.61 bits per heavy atom. The fourth-order valence-corrected chi connectivity index (χ4v) is 6.04. The van der Waals surface area contributed by atoms with Gasteiger partial charge in [0.15, 0.2) is 4.47 Å². The van der Waals surface area contributed by atoms with Crippen LogP contribution in [-0.2, 0) is 28.9 Å². The van der Waals surface area contributed by atoms with Gasteiger partial charge < -0.3 is 14.2 Å². The summed E-state index contributed by atoms with van der Waals surface area (Å²) < 4.78 is 22.0. The Hall–Kier alpha value is -0.540. The second-order valence-corrected chi connectivity index (χ2v) is 13.4. The van der Waals surface area contributed by atoms with Gasteiger partial charge in [-0.1, -0.05) is 11.6 Å². The van der Waals surface area contributed by atoms with Crippen molar-refractivity contribution in [3.8, 4) is 0 Å². The summed E-state index contributed by atoms with van der Waals surface area (Å²) in [4.78, 5) is 20.1. The monoisotopic (exact) mass is 447 g/mol. The first-order valence-corrected chi connectivity index (χ1v) is 11.9. The number of hydrogen-bond acceptors (Lipinski definition) is 6. The molecule has 1 fully saturated rings. The van der Waals surface area contributed by atoms with Crippen LogP contribution in [-0.4, -0.2) is 50.0 Å². The second kappa shape index (κ2) is 7.61. The maximum absolute atomic E-state index is 12.9. The first-order chi connectivity index (χ1) is 12.8. The lowest BCUT2D eigenvalue weighted by atomic mass is 9.73. The van der Waals surface area contributed by atoms with Crippen LogP contribution in [0.5, 0.6) is 0 Å². The van der Waals surface area contributed by atoms with Crippen molar-refractivity contribution in [2.45, 2.75) is 77.2 Å². The Bertz CT molecular complexity index is 718. The Labute approximate surface area is 179 Å². The lowest BCUT2D eigenvalue weighted by molar-refractivity contribution is 0.00420. The highest BCUT2D eigenvalue weighted by Crippen LogP contribution is 2.47. The summed E-state index contributed by atoms with van der Waals surface area (Å²) >= 11 is 6.38. The topological polar surface area (TPSA) is 77.5 Å². The van der Waals surface area contributed by atoms with Crippen LogP contribution in [0.4, 0.5) is 4.79 Å². The molecule has 28 heavy (non-hydrogen) atoms. The highest BCUT2D eigenvalue weighted by Gasteiger charge is 2.51. The molecule has 6 nitrogen and oxygen atoms in total. The van der Waals surface area contributed by atoms with Crippen molar-refractivity contribution < 1.29 is 14.1 Å². The van der Waals surface area contributed by atoms with Gasteiger partial charge in [0.2, 0.25) is 0 Å². The number of hydrogen-bond donors (Lipinski definition) is 1. The van der Waals surface area contributed by atoms with E-state index in [0.29, 0.717) is 17.6 Å². The summed E-state index contributed by atoms with van der Waals surface area (Å²) in [5, 5.41) is 0. The summed E-state index contributed by atoms with van der Waals surface area (Å²) in [7, 11) is 0. The number of carbonyl (C=O) groups excluding carboxylic acids is 1. The molecule has 1 aliphatic heterocycles. The number of carbonyl (C=O) groups is 1. The predicted octanol–water partition coefficient (Wildman–Crippen LogP) is 3.94. The summed E-state index contributed by atoms with van der Waals surface area (Å²) in [6.07, 6.45) is 2.15. The van der Waals surface area contributed by atoms with Crippen molar-refractivity contribution in [1.29, 1.82) is 0 Å². The molecule has 2 aliphatic rings. The number of halogens is 1. The molecule has 2 unspecified atom stereocenters. The predicted molar refractivity (Wildman–Crippen MR) is 114 cm³/mol. The average molecular weight is 448 g/mol. The normalized spacial score (nSPS) is 26.4. The molecule has 0 aromatic carbocycles. The summed E-state index contributed by atoms with van der Waals surface area (Å²) in [5.74, 6) is 0. The molecular formula is C19H30ClN3O3S2. The van der Waals surface area contributed by atoms with Crippen LogP contribution in [0.1, 0.15) is 58.5 Å². The largest absolute Gasteiger partial charge is 0.598 e. The third-order valence-electron chi connectivity index (χ3n) is 5.26. The molecule has 1 aromatic heterocycles. The molecule has 0 saturated carbocycles. The van der Waals surface area contributed by atoms with Gasteiger partial charge in [0.25, 0.3) is 0 Å². The van der Waals surface area contributed by atoms with E-state index in [-0.39, 0.29) is 22.3 Å². The number of nitrogens with zero attached hydrogens (tertiary/aromatic N) is 2. The zero-order chi connectivity index (χ0) is 20.9. The summed E-state index contributed by atoms with van der Waals surface area (Å²) in [6.45, 7) is 12.5. The molecule has 1 aliphatic carbocycles. The van der Waals surface area contributed by atoms with Crippen LogP contribution < -0.4 is 4.72 Å². The molecular weight excluding hydrogens is 418 g/mol. The third-order valence-corrected chi connectivity index (χ3v) is 8.08. The summed E-state index contributed by atoms with van der Waals surface area (Å²) in [6, 6.07) is -0.103. The fourth-order valence-electron chi connectivity index (χ4n) is 3.76. The molecule has 1 N–H and O–H groups in total. The van der Waals surface area contributed by atoms with Gasteiger partial charge in [-0.15, -0.1) is 16.1 Å². The number of rotatable bonds is 2. The van der Waals surface area contributed by atoms with E-state index in [1.807, 2.05) is 41.5 Å². The van der Waals surface area contributed by atoms with E-state index >= 15 is 0 Å². The van der Waals surface area contributed by atoms with Crippen LogP contribution in [0.25, 0.3) is 0 Å². The van der Waals surface area contributed by atoms with Gasteiger partial charge in [-0.2, -0.15) is 0 Å². The smallest absolute Gasteiger partial charge is 0.410 e. The highest BCUT2D eigenvalue weighted by atomic mass is 35.5. The summed E-state index contributed by atoms with van der Waals surface area (Å²) in [5.41, 5.74) is 0.411. The Kier molecular flexibility index (Phi) is 6.02. The van der Waals surface area contributed by atoms with Gasteiger partial charge in [0, 0.05) is 34.7 Å². The molecule has 0 bridgehead atoms. The van der Waals surface area contributed by atoms with Crippen molar-refractivity contribution in [3.63, 3.8) is 0 Å². The van der Waals surface area contributed by atoms with E-state index < -0.39 is 17.0 Å². The number of nitrogens with one attached hydrogen (secondary N) is 1. The van der Waals surface area contributed by atoms with Crippen LogP contribution in [0.15, 0.2) is 0 Å². The number of aromatic nitrogens is 1. The number of piperidine rings is 1. The van der Waals surface area contributed by atoms with Crippen LogP contribution in [0, 0.1) is 5.41 Å². The van der Waals surface area contributed by atoms with Gasteiger partial charge in [0.05, 0.1) is 11.7 Å². The van der Waals surface area contributed by atoms with Gasteiger partial charge in [-0.25, -0.2) is 9.78 Å². The van der Waals surface area contributed by atoms with Crippen LogP contribution in [0.3, 0.4) is 0 Å². The molecule has 1 amide bonds. The quantitative estimate of drug-likeness (QED) is 0.694. The molecule has 1 aromatic rings. The number of fused-ring (bicyclic) bond motifs is 1. The van der Waals surface area contributed by atoms with E-state index in [2.05, 4.69) is 9.71 Å². The van der Waals surface area contributed by atoms with Gasteiger partial charge >= 0.3 is 6.09 Å². The number of likely N-dealkylation sites (tertiary alicyclic amines) is 1. The highest BCUT2D eigenvalue weighted by molar-refractivity contribution is 7.90. The van der Waals surface area contributed by atoms with E-state index in [9.17, 15) is 9.35 Å². The third kappa shape index (κ3) is 4.78. The SMILES string of the molecule is CC(C)(C)OC(=O)N1CCC2(Cc3nc(Cl)sc3C2)C(N[S@+]([O-])C(C)(C)C)C1. The first kappa shape index (κ1) is 22.2. The minimum absolute atomic E-state index is 0.0990. The molecule has 3 atom stereocenters. The zero-order valence-corrected chi connectivity index (χ0v) is 19.8. The minimum Gasteiger partial charge on any atom is -0.598 e. The number of thiazole rings is 1. The molecule has 1 saturated heterocycles. The average Bonchev–Trinajstić information content (AvgIpc) is 3.01. The van der Waals surface area contributed by atoms with E-state index in [0.717, 1.165) is 25.0 Å². The van der Waals surface area contributed by atoms with Gasteiger partial charge in [0.1, 0.15) is 10.3 Å². The van der Waals surface area contributed by atoms with E-state index in [1.54, 1.807) is 4.90 Å². The Morgan fingerprint density at radius 2 is 2.04 bits per heavy atom. The number of amides is 1. The number of ether oxygens (including phenoxy) is 1. The molecule has 3 rings (SSSR count). The molecule has 158 valence electrons. The Balaban J connectivity index is 1.81. The second-order valence-electron chi connectivity index (χ2n) is 9.78. The fraction of sp³-hybridized carbons (Fsp3) is 0.789. The van der Waals surface area contributed by atoms with E-state index in [4.69, 9.17) is 16.3 Å². The van der Waals surface area contributed by atoms with Crippen molar-refractivity contribution in [1.82, 2.24) is 14.6 Å². The minimum atomic E-state index is -1.23. The van der Waals surface area contributed by atoms with Crippen molar-refractivity contribution in [2.75, 3.05) is 13.1 Å². The van der Waals surface area contributed by atoms with Crippen molar-refractivity contribution in [2.24, 2.45) is 5.41 Å². The maximum Gasteiger partial charge on any atom is 0.410 e. The van der Waals surface area contributed by atoms with E-state index in [1.165, 1.54) is 16.2 Å². The lowest BCUT2D eigenvalue weighted by Crippen LogP contribution is -2.62. The zero-order valence-electron chi connectivity index (χ0n) is 17.4. The Morgan fingerprint density at radius 1 is 1.36 bits per heavy atom. The van der Waals surface area contributed by atoms with Crippen LogP contribution in [0.2, 0.25) is 4.47 Å². The maximum atomic E-state index is 12.9. The first-order valence-electron chi connectivity index (χ1n) is 9.59. The standard InChI is InChI=1S/C19H30ClN3O3S2/c1-17(2,3)26-16(24)23-8-7-19(9-12-13(10-19)27-15(20)21-12)14(11-23)22-28(25)18(4,5)6/h14,22H,7-11H2,1-6H3/t14?,19?,28-/m1/s1. The molecule has 2 heterocycles. The molecule has 0 radical (unpaired) electrons. The van der Waals surface area contributed by atoms with Crippen molar-refractivity contribution >= 4 is 40.4 Å². The van der Waals surface area contributed by atoms with Crippen molar-refractivity contribution in [3.05, 3.63) is 15.0 Å². The molecule has 1 spiro atoms.